The third kappa shape index (κ3) is 6.42. The van der Waals surface area contributed by atoms with Crippen molar-refractivity contribution < 1.29 is 42.3 Å². The van der Waals surface area contributed by atoms with E-state index in [1.54, 1.807) is 30.5 Å². The van der Waals surface area contributed by atoms with Crippen LogP contribution in [-0.4, -0.2) is 74.2 Å². The van der Waals surface area contributed by atoms with Crippen LogP contribution < -0.4 is 10.6 Å². The molecule has 2 aliphatic rings. The summed E-state index contributed by atoms with van der Waals surface area (Å²) in [6.07, 6.45) is 7.17. The van der Waals surface area contributed by atoms with Gasteiger partial charge in [0.25, 0.3) is 5.91 Å². The van der Waals surface area contributed by atoms with Crippen LogP contribution in [-0.2, 0) is 24.6 Å². The van der Waals surface area contributed by atoms with Crippen LogP contribution in [0.3, 0.4) is 0 Å². The number of nitrogens with one attached hydrogen (secondary N) is 3. The number of carbonyl (C=O) groups is 3. The number of benzene rings is 1. The maximum Gasteiger partial charge on any atom is 0.399 e. The Morgan fingerprint density at radius 3 is 2.74 bits per heavy atom. The number of fused-ring (bicyclic) bond motifs is 3. The monoisotopic (exact) mass is 689 g/mol. The van der Waals surface area contributed by atoms with E-state index < -0.39 is 42.9 Å². The quantitative estimate of drug-likeness (QED) is 0.159. The largest absolute Gasteiger partial charge is 0.399 e. The lowest BCUT2D eigenvalue weighted by atomic mass is 9.99. The Morgan fingerprint density at radius 2 is 1.98 bits per heavy atom. The van der Waals surface area contributed by atoms with Crippen LogP contribution in [0.1, 0.15) is 65.4 Å². The first-order valence-electron chi connectivity index (χ1n) is 15.2. The van der Waals surface area contributed by atoms with Crippen LogP contribution in [0.15, 0.2) is 48.8 Å². The van der Waals surface area contributed by atoms with Crippen molar-refractivity contribution in [2.24, 2.45) is 0 Å². The maximum atomic E-state index is 14.3. The maximum absolute atomic E-state index is 14.3. The van der Waals surface area contributed by atoms with Crippen LogP contribution >= 0.6 is 18.9 Å². The first-order chi connectivity index (χ1) is 22.4. The molecule has 5 N–H and O–H groups in total. The van der Waals surface area contributed by atoms with Gasteiger partial charge in [0.05, 0.1) is 17.5 Å². The lowest BCUT2D eigenvalue weighted by Gasteiger charge is -2.35. The third-order valence-electron chi connectivity index (χ3n) is 8.90. The van der Waals surface area contributed by atoms with Gasteiger partial charge in [-0.2, -0.15) is 8.78 Å². The molecule has 2 saturated heterocycles. The Bertz CT molecular complexity index is 1880. The molecular weight excluding hydrogens is 655 g/mol. The fraction of sp³-hybridized carbons (Fsp3) is 0.419. The molecule has 0 bridgehead atoms. The van der Waals surface area contributed by atoms with E-state index in [0.29, 0.717) is 36.0 Å². The molecule has 12 nitrogen and oxygen atoms in total. The number of hydrogen-bond donors (Lipinski definition) is 5. The summed E-state index contributed by atoms with van der Waals surface area (Å²) in [4.78, 5) is 68.6. The van der Waals surface area contributed by atoms with Gasteiger partial charge in [-0.05, 0) is 61.4 Å². The number of H-pyrrole nitrogens is 1. The lowest BCUT2D eigenvalue weighted by molar-refractivity contribution is -0.143. The molecule has 16 heteroatoms. The second kappa shape index (κ2) is 13.0. The Balaban J connectivity index is 1.20. The van der Waals surface area contributed by atoms with E-state index in [-0.39, 0.29) is 34.7 Å². The summed E-state index contributed by atoms with van der Waals surface area (Å²) in [6, 6.07) is 5.89. The zero-order valence-corrected chi connectivity index (χ0v) is 27.0. The Labute approximate surface area is 272 Å². The minimum absolute atomic E-state index is 0.148. The number of pyridine rings is 1. The van der Waals surface area contributed by atoms with Gasteiger partial charge in [0, 0.05) is 46.8 Å². The number of amides is 3. The zero-order valence-electron chi connectivity index (χ0n) is 25.3. The number of rotatable bonds is 9. The molecule has 2 aliphatic heterocycles. The first-order valence-corrected chi connectivity index (χ1v) is 17.6. The molecule has 0 spiro atoms. The van der Waals surface area contributed by atoms with Crippen molar-refractivity contribution in [1.82, 2.24) is 25.5 Å². The zero-order chi connectivity index (χ0) is 33.5. The molecule has 250 valence electrons. The second-order valence-electron chi connectivity index (χ2n) is 11.9. The molecule has 3 aromatic heterocycles. The van der Waals surface area contributed by atoms with Gasteiger partial charge in [-0.1, -0.05) is 18.9 Å². The van der Waals surface area contributed by atoms with Gasteiger partial charge in [-0.25, -0.2) is 4.98 Å². The summed E-state index contributed by atoms with van der Waals surface area (Å²) >= 11 is 1.01. The van der Waals surface area contributed by atoms with Crippen LogP contribution in [0, 0.1) is 0 Å². The normalized spacial score (nSPS) is 21.3. The topological polar surface area (TPSA) is 174 Å². The Morgan fingerprint density at radius 1 is 1.19 bits per heavy atom. The van der Waals surface area contributed by atoms with Gasteiger partial charge in [-0.3, -0.25) is 18.9 Å². The van der Waals surface area contributed by atoms with Gasteiger partial charge in [0.1, 0.15) is 17.7 Å². The van der Waals surface area contributed by atoms with E-state index in [9.17, 15) is 27.7 Å². The highest BCUT2D eigenvalue weighted by molar-refractivity contribution is 7.52. The lowest BCUT2D eigenvalue weighted by Crippen LogP contribution is -2.56. The summed E-state index contributed by atoms with van der Waals surface area (Å²) < 4.78 is 45.8. The summed E-state index contributed by atoms with van der Waals surface area (Å²) in [5.41, 5.74) is -3.77. The Hall–Kier alpha value is -3.75. The number of halogens is 2. The number of nitrogens with zero attached hydrogens (tertiary/aromatic N) is 2. The average Bonchev–Trinajstić information content (AvgIpc) is 3.77. The van der Waals surface area contributed by atoms with Gasteiger partial charge in [0.15, 0.2) is 0 Å². The molecule has 47 heavy (non-hydrogen) atoms. The van der Waals surface area contributed by atoms with Crippen LogP contribution in [0.25, 0.3) is 21.1 Å². The van der Waals surface area contributed by atoms with Gasteiger partial charge in [-0.15, -0.1) is 11.3 Å². The number of thiophene rings is 1. The number of carbonyl (C=O) groups excluding carboxylic acids is 3. The predicted octanol–water partition coefficient (Wildman–Crippen LogP) is 4.54. The minimum Gasteiger partial charge on any atom is -0.382 e. The van der Waals surface area contributed by atoms with E-state index in [2.05, 4.69) is 20.6 Å². The Kier molecular flexibility index (Phi) is 9.20. The van der Waals surface area contributed by atoms with Crippen LogP contribution in [0.5, 0.6) is 0 Å². The molecule has 6 rings (SSSR count). The van der Waals surface area contributed by atoms with Crippen molar-refractivity contribution in [2.45, 2.75) is 68.4 Å². The molecule has 1 aromatic carbocycles. The molecule has 0 aliphatic carbocycles. The molecule has 0 radical (unpaired) electrons. The van der Waals surface area contributed by atoms with Gasteiger partial charge >= 0.3 is 13.3 Å². The number of aromatic nitrogens is 2. The standard InChI is InChI=1S/C31H34F2N5O7PS/c1-45-16-23(21-15-35-27-20(21)6-4-12-34-27)37-28(39)24-10-9-19-5-2-3-7-22(30(41)38(19)24)36-29(40)26-14-17-13-18(8-11-25(17)47-26)31(32,33)46(42,43)44/h4,6,8,11-15,19,22-24H,2-3,5,7,9-10,16H2,1H3,(H,34,35)(H,36,40)(H,37,39)(H2,42,43,44)/t19-,22-,23?,24-/m0/s1. The molecule has 5 heterocycles. The van der Waals surface area contributed by atoms with Crippen molar-refractivity contribution in [3.05, 3.63) is 64.8 Å². The molecular formula is C31H34F2N5O7PS. The van der Waals surface area contributed by atoms with Gasteiger partial charge < -0.3 is 35.0 Å². The van der Waals surface area contributed by atoms with Crippen molar-refractivity contribution in [3.63, 3.8) is 0 Å². The molecule has 3 amide bonds. The second-order valence-corrected chi connectivity index (χ2v) is 14.6. The van der Waals surface area contributed by atoms with E-state index in [1.807, 2.05) is 6.07 Å². The molecule has 0 saturated carbocycles. The average molecular weight is 690 g/mol. The highest BCUT2D eigenvalue weighted by Crippen LogP contribution is 2.59. The SMILES string of the molecule is COCC(NC(=O)[C@@H]1CC[C@@H]2CCCC[C@H](NC(=O)c3cc4cc(C(F)(F)P(=O)(O)O)ccc4s3)C(=O)N21)c1c[nH]c2ncccc12. The third-order valence-corrected chi connectivity index (χ3v) is 11.0. The van der Waals surface area contributed by atoms with Gasteiger partial charge in [0.2, 0.25) is 11.8 Å². The molecule has 2 fully saturated rings. The number of alkyl halides is 2. The smallest absolute Gasteiger partial charge is 0.382 e. The summed E-state index contributed by atoms with van der Waals surface area (Å²) in [5.74, 6) is -1.26. The van der Waals surface area contributed by atoms with Crippen molar-refractivity contribution in [1.29, 1.82) is 0 Å². The number of methoxy groups -OCH3 is 1. The van der Waals surface area contributed by atoms with Crippen LogP contribution in [0.2, 0.25) is 0 Å². The minimum atomic E-state index is -5.77. The van der Waals surface area contributed by atoms with E-state index in [0.717, 1.165) is 47.3 Å². The molecule has 4 atom stereocenters. The first kappa shape index (κ1) is 33.2. The molecule has 1 unspecified atom stereocenters. The number of hydrogen-bond acceptors (Lipinski definition) is 7. The van der Waals surface area contributed by atoms with E-state index in [1.165, 1.54) is 12.1 Å². The highest BCUT2D eigenvalue weighted by Gasteiger charge is 2.50. The fourth-order valence-corrected chi connectivity index (χ4v) is 7.99. The highest BCUT2D eigenvalue weighted by atomic mass is 32.1. The van der Waals surface area contributed by atoms with E-state index >= 15 is 0 Å². The number of ether oxygens (including phenoxy) is 1. The summed E-state index contributed by atoms with van der Waals surface area (Å²) in [5, 5.41) is 6.93. The predicted molar refractivity (Wildman–Crippen MR) is 170 cm³/mol. The fourth-order valence-electron chi connectivity index (χ4n) is 6.57. The van der Waals surface area contributed by atoms with Crippen molar-refractivity contribution in [2.75, 3.05) is 13.7 Å². The molecule has 4 aromatic rings. The van der Waals surface area contributed by atoms with E-state index in [4.69, 9.17) is 14.5 Å². The summed E-state index contributed by atoms with van der Waals surface area (Å²) in [6.45, 7) is 0.198. The van der Waals surface area contributed by atoms with Crippen molar-refractivity contribution in [3.8, 4) is 0 Å². The number of aromatic amines is 1. The van der Waals surface area contributed by atoms with Crippen LogP contribution in [0.4, 0.5) is 8.78 Å². The summed E-state index contributed by atoms with van der Waals surface area (Å²) in [7, 11) is -4.22. The van der Waals surface area contributed by atoms with Crippen molar-refractivity contribution >= 4 is 57.8 Å².